The molecule has 2 aromatic rings. The number of nitrogens with one attached hydrogen (secondary N) is 1. The van der Waals surface area contributed by atoms with Crippen LogP contribution in [0, 0.1) is 6.92 Å². The average Bonchev–Trinajstić information content (AvgIpc) is 2.69. The Morgan fingerprint density at radius 2 is 1.82 bits per heavy atom. The Kier molecular flexibility index (Phi) is 7.46. The lowest BCUT2D eigenvalue weighted by molar-refractivity contribution is 0.0950. The molecule has 3 N–H and O–H groups in total. The van der Waals surface area contributed by atoms with Gasteiger partial charge in [-0.25, -0.2) is 8.42 Å². The van der Waals surface area contributed by atoms with E-state index in [-0.39, 0.29) is 29.8 Å². The van der Waals surface area contributed by atoms with Gasteiger partial charge in [0, 0.05) is 30.9 Å². The van der Waals surface area contributed by atoms with Gasteiger partial charge >= 0.3 is 0 Å². The molecule has 28 heavy (non-hydrogen) atoms. The molecule has 0 radical (unpaired) electrons. The van der Waals surface area contributed by atoms with E-state index >= 15 is 0 Å². The third-order valence-corrected chi connectivity index (χ3v) is 6.71. The predicted molar refractivity (Wildman–Crippen MR) is 113 cm³/mol. The number of amides is 1. The van der Waals surface area contributed by atoms with Gasteiger partial charge in [-0.1, -0.05) is 24.6 Å². The van der Waals surface area contributed by atoms with E-state index in [0.29, 0.717) is 24.3 Å². The molecule has 1 amide bonds. The van der Waals surface area contributed by atoms with Crippen LogP contribution in [0.1, 0.15) is 40.7 Å². The van der Waals surface area contributed by atoms with Gasteiger partial charge in [0.05, 0.1) is 4.90 Å². The van der Waals surface area contributed by atoms with Crippen LogP contribution in [0.5, 0.6) is 0 Å². The minimum atomic E-state index is -3.48. The minimum Gasteiger partial charge on any atom is -0.399 e. The number of carbonyl (C=O) groups excluding carboxylic acids is 1. The van der Waals surface area contributed by atoms with Crippen molar-refractivity contribution in [2.24, 2.45) is 0 Å². The SMILES string of the molecule is Cc1ccc(N)cc1C(=O)NCc1cccc(S(=O)(=O)N2CCCCC2)c1.Cl. The number of benzene rings is 2. The van der Waals surface area contributed by atoms with Gasteiger partial charge in [-0.3, -0.25) is 4.79 Å². The molecular weight excluding hydrogens is 398 g/mol. The van der Waals surface area contributed by atoms with Gasteiger partial charge in [0.25, 0.3) is 5.91 Å². The number of nitrogens with zero attached hydrogens (tertiary/aromatic N) is 1. The van der Waals surface area contributed by atoms with Gasteiger partial charge in [-0.05, 0) is 55.2 Å². The number of anilines is 1. The van der Waals surface area contributed by atoms with Gasteiger partial charge in [-0.2, -0.15) is 4.31 Å². The third-order valence-electron chi connectivity index (χ3n) is 4.81. The molecule has 0 spiro atoms. The van der Waals surface area contributed by atoms with Crippen LogP contribution in [0.15, 0.2) is 47.4 Å². The molecule has 3 rings (SSSR count). The smallest absolute Gasteiger partial charge is 0.251 e. The van der Waals surface area contributed by atoms with Crippen LogP contribution in [0.4, 0.5) is 5.69 Å². The summed E-state index contributed by atoms with van der Waals surface area (Å²) in [6.45, 7) is 3.23. The Bertz CT molecular complexity index is 941. The highest BCUT2D eigenvalue weighted by atomic mass is 35.5. The van der Waals surface area contributed by atoms with E-state index in [1.165, 1.54) is 0 Å². The normalized spacial score (nSPS) is 14.9. The topological polar surface area (TPSA) is 92.5 Å². The summed E-state index contributed by atoms with van der Waals surface area (Å²) < 4.78 is 27.2. The quantitative estimate of drug-likeness (QED) is 0.722. The fourth-order valence-electron chi connectivity index (χ4n) is 3.23. The maximum Gasteiger partial charge on any atom is 0.251 e. The van der Waals surface area contributed by atoms with E-state index in [1.807, 2.05) is 13.0 Å². The molecule has 2 aromatic carbocycles. The van der Waals surface area contributed by atoms with Gasteiger partial charge in [0.15, 0.2) is 0 Å². The molecule has 8 heteroatoms. The number of hydrogen-bond donors (Lipinski definition) is 2. The number of sulfonamides is 1. The molecule has 0 unspecified atom stereocenters. The highest BCUT2D eigenvalue weighted by molar-refractivity contribution is 7.89. The fourth-order valence-corrected chi connectivity index (χ4v) is 4.82. The average molecular weight is 424 g/mol. The van der Waals surface area contributed by atoms with Gasteiger partial charge in [0.1, 0.15) is 0 Å². The summed E-state index contributed by atoms with van der Waals surface area (Å²) in [5.41, 5.74) is 8.38. The van der Waals surface area contributed by atoms with Crippen molar-refractivity contribution < 1.29 is 13.2 Å². The van der Waals surface area contributed by atoms with Crippen LogP contribution >= 0.6 is 12.4 Å². The van der Waals surface area contributed by atoms with Crippen molar-refractivity contribution in [3.63, 3.8) is 0 Å². The van der Waals surface area contributed by atoms with Crippen molar-refractivity contribution in [2.45, 2.75) is 37.6 Å². The van der Waals surface area contributed by atoms with E-state index in [0.717, 1.165) is 30.4 Å². The van der Waals surface area contributed by atoms with Crippen LogP contribution in [-0.2, 0) is 16.6 Å². The predicted octanol–water partition coefficient (Wildman–Crippen LogP) is 3.10. The summed E-state index contributed by atoms with van der Waals surface area (Å²) in [7, 11) is -3.48. The maximum absolute atomic E-state index is 12.8. The summed E-state index contributed by atoms with van der Waals surface area (Å²) in [4.78, 5) is 12.7. The molecule has 1 aliphatic rings. The zero-order valence-electron chi connectivity index (χ0n) is 15.8. The van der Waals surface area contributed by atoms with Gasteiger partial charge < -0.3 is 11.1 Å². The van der Waals surface area contributed by atoms with Crippen LogP contribution < -0.4 is 11.1 Å². The number of rotatable bonds is 5. The Hall–Kier alpha value is -2.09. The molecule has 1 aliphatic heterocycles. The standard InChI is InChI=1S/C20H25N3O3S.ClH/c1-15-8-9-17(21)13-19(15)20(24)22-14-16-6-5-7-18(12-16)27(25,26)23-10-3-2-4-11-23;/h5-9,12-13H,2-4,10-11,14,21H2,1H3,(H,22,24);1H. The molecule has 0 aliphatic carbocycles. The molecule has 152 valence electrons. The summed E-state index contributed by atoms with van der Waals surface area (Å²) in [6.07, 6.45) is 2.87. The molecule has 6 nitrogen and oxygen atoms in total. The number of piperidine rings is 1. The second-order valence-corrected chi connectivity index (χ2v) is 8.81. The first-order valence-electron chi connectivity index (χ1n) is 9.11. The lowest BCUT2D eigenvalue weighted by Crippen LogP contribution is -2.35. The summed E-state index contributed by atoms with van der Waals surface area (Å²) in [5.74, 6) is -0.232. The highest BCUT2D eigenvalue weighted by Gasteiger charge is 2.25. The maximum atomic E-state index is 12.8. The Morgan fingerprint density at radius 1 is 1.11 bits per heavy atom. The summed E-state index contributed by atoms with van der Waals surface area (Å²) >= 11 is 0. The van der Waals surface area contributed by atoms with E-state index in [1.54, 1.807) is 40.7 Å². The second-order valence-electron chi connectivity index (χ2n) is 6.87. The van der Waals surface area contributed by atoms with Gasteiger partial charge in [-0.15, -0.1) is 12.4 Å². The Labute approximate surface area is 172 Å². The first kappa shape index (κ1) is 22.2. The number of nitrogens with two attached hydrogens (primary N) is 1. The molecule has 0 saturated carbocycles. The Morgan fingerprint density at radius 3 is 2.54 bits per heavy atom. The monoisotopic (exact) mass is 423 g/mol. The van der Waals surface area contributed by atoms with Crippen molar-refractivity contribution in [1.29, 1.82) is 0 Å². The van der Waals surface area contributed by atoms with Crippen molar-refractivity contribution in [3.8, 4) is 0 Å². The van der Waals surface area contributed by atoms with Crippen LogP contribution in [0.2, 0.25) is 0 Å². The minimum absolute atomic E-state index is 0. The number of aryl methyl sites for hydroxylation is 1. The molecule has 1 fully saturated rings. The number of hydrogen-bond acceptors (Lipinski definition) is 4. The van der Waals surface area contributed by atoms with Crippen LogP contribution in [0.3, 0.4) is 0 Å². The zero-order chi connectivity index (χ0) is 19.4. The molecule has 1 saturated heterocycles. The highest BCUT2D eigenvalue weighted by Crippen LogP contribution is 2.21. The fraction of sp³-hybridized carbons (Fsp3) is 0.350. The first-order valence-corrected chi connectivity index (χ1v) is 10.6. The molecular formula is C20H26ClN3O3S. The molecule has 0 bridgehead atoms. The van der Waals surface area contributed by atoms with Crippen molar-refractivity contribution in [1.82, 2.24) is 9.62 Å². The van der Waals surface area contributed by atoms with Crippen molar-refractivity contribution in [2.75, 3.05) is 18.8 Å². The first-order chi connectivity index (χ1) is 12.9. The molecule has 0 atom stereocenters. The van der Waals surface area contributed by atoms with E-state index in [2.05, 4.69) is 5.32 Å². The van der Waals surface area contributed by atoms with E-state index in [4.69, 9.17) is 5.73 Å². The van der Waals surface area contributed by atoms with Crippen molar-refractivity contribution >= 4 is 34.0 Å². The zero-order valence-corrected chi connectivity index (χ0v) is 17.5. The second kappa shape index (κ2) is 9.41. The Balaban J connectivity index is 0.00000280. The third kappa shape index (κ3) is 5.04. The summed E-state index contributed by atoms with van der Waals surface area (Å²) in [6, 6.07) is 12.0. The van der Waals surface area contributed by atoms with E-state index in [9.17, 15) is 13.2 Å². The molecule has 0 aromatic heterocycles. The number of nitrogen functional groups attached to an aromatic ring is 1. The van der Waals surface area contributed by atoms with Gasteiger partial charge in [0.2, 0.25) is 10.0 Å². The van der Waals surface area contributed by atoms with Crippen LogP contribution in [-0.4, -0.2) is 31.7 Å². The lowest BCUT2D eigenvalue weighted by Gasteiger charge is -2.26. The molecule has 1 heterocycles. The number of carbonyl (C=O) groups is 1. The van der Waals surface area contributed by atoms with E-state index < -0.39 is 10.0 Å². The van der Waals surface area contributed by atoms with Crippen molar-refractivity contribution in [3.05, 3.63) is 59.2 Å². The van der Waals surface area contributed by atoms with Crippen LogP contribution in [0.25, 0.3) is 0 Å². The lowest BCUT2D eigenvalue weighted by atomic mass is 10.1. The summed E-state index contributed by atoms with van der Waals surface area (Å²) in [5, 5.41) is 2.84. The number of halogens is 1. The largest absolute Gasteiger partial charge is 0.399 e.